The molecule has 4 heteroatoms. The lowest BCUT2D eigenvalue weighted by molar-refractivity contribution is -0.138. The molecule has 0 aliphatic rings. The molecule has 0 aromatic rings. The fourth-order valence-electron chi connectivity index (χ4n) is 1.70. The van der Waals surface area contributed by atoms with Gasteiger partial charge >= 0.3 is 0 Å². The van der Waals surface area contributed by atoms with Crippen molar-refractivity contribution >= 4 is 28.5 Å². The summed E-state index contributed by atoms with van der Waals surface area (Å²) >= 11 is 2.34. The Labute approximate surface area is 113 Å². The van der Waals surface area contributed by atoms with Crippen LogP contribution in [0, 0.1) is 11.8 Å². The van der Waals surface area contributed by atoms with E-state index in [9.17, 15) is 9.90 Å². The van der Waals surface area contributed by atoms with Crippen molar-refractivity contribution in [2.24, 2.45) is 11.8 Å². The quantitative estimate of drug-likeness (QED) is 0.439. The number of hydrogen-bond donors (Lipinski definition) is 1. The molecule has 0 heterocycles. The zero-order valence-corrected chi connectivity index (χ0v) is 12.9. The van der Waals surface area contributed by atoms with Crippen LogP contribution in [0.1, 0.15) is 33.1 Å². The number of hydrogen-bond acceptors (Lipinski definition) is 2. The zero-order chi connectivity index (χ0) is 12.7. The summed E-state index contributed by atoms with van der Waals surface area (Å²) in [4.78, 5) is 13.5. The third-order valence-corrected chi connectivity index (χ3v) is 3.51. The first-order chi connectivity index (χ1) is 7.41. The van der Waals surface area contributed by atoms with Gasteiger partial charge in [0.15, 0.2) is 0 Å². The normalized spacial score (nSPS) is 14.9. The summed E-state index contributed by atoms with van der Waals surface area (Å²) in [5, 5.41) is 10.1. The molecule has 0 aromatic carbocycles. The molecule has 0 fully saturated rings. The van der Waals surface area contributed by atoms with Crippen LogP contribution in [0.25, 0.3) is 0 Å². The van der Waals surface area contributed by atoms with Gasteiger partial charge in [0.05, 0.1) is 12.0 Å². The number of alkyl halides is 1. The van der Waals surface area contributed by atoms with Crippen molar-refractivity contribution in [3.05, 3.63) is 0 Å². The van der Waals surface area contributed by atoms with Gasteiger partial charge in [-0.25, -0.2) is 0 Å². The lowest BCUT2D eigenvalue weighted by Crippen LogP contribution is -2.39. The molecule has 0 aliphatic heterocycles. The minimum atomic E-state index is -0.524. The number of carbonyl (C=O) groups excluding carboxylic acids is 1. The summed E-state index contributed by atoms with van der Waals surface area (Å²) in [5.41, 5.74) is 0. The van der Waals surface area contributed by atoms with E-state index in [1.165, 1.54) is 0 Å². The molecule has 0 bridgehead atoms. The summed E-state index contributed by atoms with van der Waals surface area (Å²) < 4.78 is 1.11. The van der Waals surface area contributed by atoms with Crippen molar-refractivity contribution in [1.82, 2.24) is 4.90 Å². The zero-order valence-electron chi connectivity index (χ0n) is 10.7. The third kappa shape index (κ3) is 5.48. The van der Waals surface area contributed by atoms with Gasteiger partial charge in [-0.2, -0.15) is 0 Å². The Morgan fingerprint density at radius 2 is 1.88 bits per heavy atom. The lowest BCUT2D eigenvalue weighted by atomic mass is 9.88. The van der Waals surface area contributed by atoms with Gasteiger partial charge in [-0.1, -0.05) is 42.9 Å². The van der Waals surface area contributed by atoms with Gasteiger partial charge in [0.25, 0.3) is 0 Å². The number of amides is 1. The number of aliphatic hydroxyl groups is 1. The average Bonchev–Trinajstić information content (AvgIpc) is 2.22. The average molecular weight is 341 g/mol. The van der Waals surface area contributed by atoms with E-state index < -0.39 is 6.10 Å². The Morgan fingerprint density at radius 3 is 2.25 bits per heavy atom. The van der Waals surface area contributed by atoms with Crippen molar-refractivity contribution in [3.63, 3.8) is 0 Å². The summed E-state index contributed by atoms with van der Waals surface area (Å²) in [6.45, 7) is 3.91. The standard InChI is InChI=1S/C12H24INO2/c1-9(2)11(15)10(7-5-6-8-13)12(16)14(3)4/h9-11,15H,5-8H2,1-4H3. The Morgan fingerprint density at radius 1 is 1.31 bits per heavy atom. The number of rotatable bonds is 7. The molecular formula is C12H24INO2. The van der Waals surface area contributed by atoms with E-state index in [2.05, 4.69) is 22.6 Å². The van der Waals surface area contributed by atoms with Crippen LogP contribution in [0.2, 0.25) is 0 Å². The molecule has 0 radical (unpaired) electrons. The predicted octanol–water partition coefficient (Wildman–Crippen LogP) is 2.31. The number of aliphatic hydroxyl groups excluding tert-OH is 1. The highest BCUT2D eigenvalue weighted by Gasteiger charge is 2.29. The highest BCUT2D eigenvalue weighted by Crippen LogP contribution is 2.21. The monoisotopic (exact) mass is 341 g/mol. The topological polar surface area (TPSA) is 40.5 Å². The Kier molecular flexibility index (Phi) is 8.36. The van der Waals surface area contributed by atoms with Gasteiger partial charge in [-0.3, -0.25) is 4.79 Å². The lowest BCUT2D eigenvalue weighted by Gasteiger charge is -2.27. The van der Waals surface area contributed by atoms with E-state index in [-0.39, 0.29) is 17.7 Å². The second-order valence-corrected chi connectivity index (χ2v) is 5.84. The van der Waals surface area contributed by atoms with Gasteiger partial charge in [0.1, 0.15) is 0 Å². The summed E-state index contributed by atoms with van der Waals surface area (Å²) in [6.07, 6.45) is 2.39. The molecule has 0 aromatic heterocycles. The Hall–Kier alpha value is 0.160. The van der Waals surface area contributed by atoms with Crippen molar-refractivity contribution in [2.45, 2.75) is 39.2 Å². The van der Waals surface area contributed by atoms with Gasteiger partial charge in [-0.05, 0) is 23.2 Å². The number of halogens is 1. The van der Waals surface area contributed by atoms with Crippen molar-refractivity contribution in [2.75, 3.05) is 18.5 Å². The number of nitrogens with zero attached hydrogens (tertiary/aromatic N) is 1. The molecule has 1 amide bonds. The molecule has 0 spiro atoms. The van der Waals surface area contributed by atoms with Crippen LogP contribution in [0.5, 0.6) is 0 Å². The molecule has 2 atom stereocenters. The highest BCUT2D eigenvalue weighted by molar-refractivity contribution is 14.1. The van der Waals surface area contributed by atoms with Gasteiger partial charge in [-0.15, -0.1) is 0 Å². The largest absolute Gasteiger partial charge is 0.392 e. The maximum Gasteiger partial charge on any atom is 0.227 e. The van der Waals surface area contributed by atoms with Crippen LogP contribution in [0.4, 0.5) is 0 Å². The van der Waals surface area contributed by atoms with Crippen LogP contribution in [-0.4, -0.2) is 40.5 Å². The number of carbonyl (C=O) groups is 1. The van der Waals surface area contributed by atoms with Gasteiger partial charge < -0.3 is 10.0 Å². The molecule has 0 rings (SSSR count). The maximum absolute atomic E-state index is 11.9. The van der Waals surface area contributed by atoms with Gasteiger partial charge in [0, 0.05) is 14.1 Å². The first-order valence-electron chi connectivity index (χ1n) is 5.87. The van der Waals surface area contributed by atoms with E-state index in [1.54, 1.807) is 19.0 Å². The second kappa shape index (κ2) is 8.28. The van der Waals surface area contributed by atoms with E-state index in [0.717, 1.165) is 23.7 Å². The summed E-state index contributed by atoms with van der Waals surface area (Å²) in [6, 6.07) is 0. The summed E-state index contributed by atoms with van der Waals surface area (Å²) in [7, 11) is 3.50. The van der Waals surface area contributed by atoms with Crippen LogP contribution < -0.4 is 0 Å². The third-order valence-electron chi connectivity index (χ3n) is 2.75. The highest BCUT2D eigenvalue weighted by atomic mass is 127. The van der Waals surface area contributed by atoms with Crippen LogP contribution >= 0.6 is 22.6 Å². The van der Waals surface area contributed by atoms with Crippen LogP contribution in [0.3, 0.4) is 0 Å². The minimum Gasteiger partial charge on any atom is -0.392 e. The summed E-state index contributed by atoms with van der Waals surface area (Å²) in [5.74, 6) is -0.0545. The smallest absolute Gasteiger partial charge is 0.227 e. The van der Waals surface area contributed by atoms with E-state index in [0.29, 0.717) is 0 Å². The Bertz CT molecular complexity index is 207. The van der Waals surface area contributed by atoms with Gasteiger partial charge in [0.2, 0.25) is 5.91 Å². The van der Waals surface area contributed by atoms with Crippen molar-refractivity contribution < 1.29 is 9.90 Å². The van der Waals surface area contributed by atoms with Crippen molar-refractivity contribution in [3.8, 4) is 0 Å². The van der Waals surface area contributed by atoms with Crippen LogP contribution in [0.15, 0.2) is 0 Å². The van der Waals surface area contributed by atoms with E-state index in [4.69, 9.17) is 0 Å². The minimum absolute atomic E-state index is 0.0506. The molecular weight excluding hydrogens is 317 g/mol. The SMILES string of the molecule is CC(C)C(O)C(CCCCI)C(=O)N(C)C. The van der Waals surface area contributed by atoms with Crippen molar-refractivity contribution in [1.29, 1.82) is 0 Å². The molecule has 0 saturated carbocycles. The van der Waals surface area contributed by atoms with Crippen LogP contribution in [-0.2, 0) is 4.79 Å². The molecule has 0 aliphatic carbocycles. The molecule has 96 valence electrons. The molecule has 2 unspecified atom stereocenters. The molecule has 1 N–H and O–H groups in total. The fourth-order valence-corrected chi connectivity index (χ4v) is 2.23. The molecule has 16 heavy (non-hydrogen) atoms. The molecule has 0 saturated heterocycles. The predicted molar refractivity (Wildman–Crippen MR) is 75.8 cm³/mol. The van der Waals surface area contributed by atoms with E-state index >= 15 is 0 Å². The number of unbranched alkanes of at least 4 members (excludes halogenated alkanes) is 1. The first-order valence-corrected chi connectivity index (χ1v) is 7.39. The fraction of sp³-hybridized carbons (Fsp3) is 0.917. The van der Waals surface area contributed by atoms with E-state index in [1.807, 2.05) is 13.8 Å². The first kappa shape index (κ1) is 16.2. The maximum atomic E-state index is 11.9. The molecule has 3 nitrogen and oxygen atoms in total. The Balaban J connectivity index is 4.44. The second-order valence-electron chi connectivity index (χ2n) is 4.76.